The number of nitrogens with zero attached hydrogens (tertiary/aromatic N) is 1. The van der Waals surface area contributed by atoms with Crippen LogP contribution in [0.25, 0.3) is 10.8 Å². The molecule has 0 amide bonds. The van der Waals surface area contributed by atoms with E-state index in [1.54, 1.807) is 13.8 Å². The van der Waals surface area contributed by atoms with E-state index in [1.165, 1.54) is 0 Å². The average molecular weight is 332 g/mol. The van der Waals surface area contributed by atoms with Crippen molar-refractivity contribution in [2.45, 2.75) is 25.5 Å². The molecule has 0 radical (unpaired) electrons. The number of ether oxygens (including phenoxy) is 1. The summed E-state index contributed by atoms with van der Waals surface area (Å²) < 4.78 is 31.3. The zero-order valence-electron chi connectivity index (χ0n) is 13.2. The van der Waals surface area contributed by atoms with Crippen LogP contribution >= 0.6 is 0 Å². The first-order chi connectivity index (χ1) is 10.9. The molecule has 1 N–H and O–H groups in total. The Morgan fingerprint density at radius 2 is 1.87 bits per heavy atom. The smallest absolute Gasteiger partial charge is 0.213 e. The van der Waals surface area contributed by atoms with Crippen molar-refractivity contribution in [2.75, 3.05) is 13.2 Å². The lowest BCUT2D eigenvalue weighted by atomic mass is 10.0. The Balaban J connectivity index is 2.05. The lowest BCUT2D eigenvalue weighted by Crippen LogP contribution is -2.32. The van der Waals surface area contributed by atoms with Gasteiger partial charge in [-0.1, -0.05) is 24.3 Å². The summed E-state index contributed by atoms with van der Waals surface area (Å²) >= 11 is 0. The SMILES string of the molecule is CC(C)S(=O)(=O)NCCc1ccc2cc(OCC#N)ccc2c1. The molecule has 0 heterocycles. The minimum absolute atomic E-state index is 0.0274. The normalized spacial score (nSPS) is 11.6. The highest BCUT2D eigenvalue weighted by Gasteiger charge is 2.14. The van der Waals surface area contributed by atoms with Gasteiger partial charge >= 0.3 is 0 Å². The van der Waals surface area contributed by atoms with Gasteiger partial charge in [-0.2, -0.15) is 5.26 Å². The summed E-state index contributed by atoms with van der Waals surface area (Å²) in [5.74, 6) is 0.663. The fourth-order valence-corrected chi connectivity index (χ4v) is 2.86. The standard InChI is InChI=1S/C17H20N2O3S/c1-13(2)23(20,21)19-9-7-14-3-4-16-12-17(22-10-8-18)6-5-15(16)11-14/h3-6,11-13,19H,7,9-10H2,1-2H3. The number of sulfonamides is 1. The second kappa shape index (κ2) is 7.44. The van der Waals surface area contributed by atoms with E-state index in [1.807, 2.05) is 42.5 Å². The van der Waals surface area contributed by atoms with Gasteiger partial charge in [0.05, 0.1) is 5.25 Å². The summed E-state index contributed by atoms with van der Waals surface area (Å²) in [4.78, 5) is 0. The highest BCUT2D eigenvalue weighted by Crippen LogP contribution is 2.22. The van der Waals surface area contributed by atoms with Crippen molar-refractivity contribution < 1.29 is 13.2 Å². The Hall–Kier alpha value is -2.10. The second-order valence-corrected chi connectivity index (χ2v) is 7.85. The van der Waals surface area contributed by atoms with Crippen molar-refractivity contribution >= 4 is 20.8 Å². The Kier molecular flexibility index (Phi) is 5.59. The number of rotatable bonds is 7. The number of benzene rings is 2. The van der Waals surface area contributed by atoms with Gasteiger partial charge in [-0.25, -0.2) is 13.1 Å². The van der Waals surface area contributed by atoms with Crippen molar-refractivity contribution in [3.8, 4) is 11.8 Å². The lowest BCUT2D eigenvalue weighted by molar-refractivity contribution is 0.368. The molecule has 0 saturated carbocycles. The molecule has 0 saturated heterocycles. The number of fused-ring (bicyclic) bond motifs is 1. The number of hydrogen-bond acceptors (Lipinski definition) is 4. The zero-order chi connectivity index (χ0) is 16.9. The molecule has 6 heteroatoms. The summed E-state index contributed by atoms with van der Waals surface area (Å²) in [6, 6.07) is 13.6. The van der Waals surface area contributed by atoms with Crippen LogP contribution in [0.5, 0.6) is 5.75 Å². The number of hydrogen-bond donors (Lipinski definition) is 1. The molecule has 2 rings (SSSR count). The van der Waals surface area contributed by atoms with E-state index in [0.717, 1.165) is 16.3 Å². The van der Waals surface area contributed by atoms with Crippen LogP contribution in [-0.2, 0) is 16.4 Å². The van der Waals surface area contributed by atoms with Crippen molar-refractivity contribution in [1.82, 2.24) is 4.72 Å². The monoisotopic (exact) mass is 332 g/mol. The number of nitriles is 1. The maximum atomic E-state index is 11.7. The first kappa shape index (κ1) is 17.3. The average Bonchev–Trinajstić information content (AvgIpc) is 2.52. The van der Waals surface area contributed by atoms with Crippen molar-refractivity contribution in [1.29, 1.82) is 5.26 Å². The van der Waals surface area contributed by atoms with Gasteiger partial charge in [0.2, 0.25) is 10.0 Å². The molecule has 0 aliphatic carbocycles. The Morgan fingerprint density at radius 1 is 1.17 bits per heavy atom. The molecule has 0 unspecified atom stereocenters. The molecule has 0 aliphatic rings. The molecule has 122 valence electrons. The van der Waals surface area contributed by atoms with Gasteiger partial charge < -0.3 is 4.74 Å². The molecule has 23 heavy (non-hydrogen) atoms. The van der Waals surface area contributed by atoms with Crippen LogP contribution in [0.4, 0.5) is 0 Å². The van der Waals surface area contributed by atoms with E-state index in [9.17, 15) is 8.42 Å². The summed E-state index contributed by atoms with van der Waals surface area (Å²) in [6.45, 7) is 3.73. The summed E-state index contributed by atoms with van der Waals surface area (Å²) in [7, 11) is -3.22. The molecule has 2 aromatic carbocycles. The minimum Gasteiger partial charge on any atom is -0.479 e. The highest BCUT2D eigenvalue weighted by atomic mass is 32.2. The van der Waals surface area contributed by atoms with Gasteiger partial charge in [0.15, 0.2) is 6.61 Å². The van der Waals surface area contributed by atoms with Crippen LogP contribution in [0, 0.1) is 11.3 Å². The Morgan fingerprint density at radius 3 is 2.57 bits per heavy atom. The molecule has 0 bridgehead atoms. The van der Waals surface area contributed by atoms with Gasteiger partial charge in [-0.15, -0.1) is 0 Å². The lowest BCUT2D eigenvalue weighted by Gasteiger charge is -2.10. The molecule has 0 spiro atoms. The van der Waals surface area contributed by atoms with Crippen molar-refractivity contribution in [3.05, 3.63) is 42.0 Å². The van der Waals surface area contributed by atoms with E-state index in [4.69, 9.17) is 10.00 Å². The highest BCUT2D eigenvalue weighted by molar-refractivity contribution is 7.90. The second-order valence-electron chi connectivity index (χ2n) is 5.53. The van der Waals surface area contributed by atoms with Gasteiger partial charge in [0, 0.05) is 6.54 Å². The van der Waals surface area contributed by atoms with Gasteiger partial charge in [-0.05, 0) is 48.7 Å². The van der Waals surface area contributed by atoms with Crippen LogP contribution < -0.4 is 9.46 Å². The maximum Gasteiger partial charge on any atom is 0.213 e. The molecule has 2 aromatic rings. The molecule has 0 fully saturated rings. The third kappa shape index (κ3) is 4.68. The van der Waals surface area contributed by atoms with E-state index in [2.05, 4.69) is 4.72 Å². The topological polar surface area (TPSA) is 79.2 Å². The fraction of sp³-hybridized carbons (Fsp3) is 0.353. The molecule has 0 atom stereocenters. The summed E-state index contributed by atoms with van der Waals surface area (Å²) in [5.41, 5.74) is 1.06. The van der Waals surface area contributed by atoms with E-state index >= 15 is 0 Å². The van der Waals surface area contributed by atoms with Crippen LogP contribution in [0.3, 0.4) is 0 Å². The van der Waals surface area contributed by atoms with Crippen LogP contribution in [-0.4, -0.2) is 26.8 Å². The van der Waals surface area contributed by atoms with Crippen molar-refractivity contribution in [2.24, 2.45) is 0 Å². The van der Waals surface area contributed by atoms with Crippen LogP contribution in [0.2, 0.25) is 0 Å². The van der Waals surface area contributed by atoms with E-state index in [0.29, 0.717) is 18.7 Å². The third-order valence-corrected chi connectivity index (χ3v) is 5.36. The number of nitrogens with one attached hydrogen (secondary N) is 1. The van der Waals surface area contributed by atoms with E-state index in [-0.39, 0.29) is 6.61 Å². The summed E-state index contributed by atoms with van der Waals surface area (Å²) in [5, 5.41) is 10.2. The fourth-order valence-electron chi connectivity index (χ4n) is 2.14. The quantitative estimate of drug-likeness (QED) is 0.845. The molecule has 0 aromatic heterocycles. The maximum absolute atomic E-state index is 11.7. The predicted octanol–water partition coefficient (Wildman–Crippen LogP) is 2.61. The largest absolute Gasteiger partial charge is 0.479 e. The first-order valence-electron chi connectivity index (χ1n) is 7.43. The molecular formula is C17H20N2O3S. The van der Waals surface area contributed by atoms with Gasteiger partial charge in [0.1, 0.15) is 11.8 Å². The van der Waals surface area contributed by atoms with Gasteiger partial charge in [0.25, 0.3) is 0 Å². The first-order valence-corrected chi connectivity index (χ1v) is 8.98. The predicted molar refractivity (Wildman–Crippen MR) is 90.8 cm³/mol. The van der Waals surface area contributed by atoms with Crippen LogP contribution in [0.15, 0.2) is 36.4 Å². The third-order valence-electron chi connectivity index (χ3n) is 3.52. The van der Waals surface area contributed by atoms with Crippen molar-refractivity contribution in [3.63, 3.8) is 0 Å². The van der Waals surface area contributed by atoms with E-state index < -0.39 is 15.3 Å². The zero-order valence-corrected chi connectivity index (χ0v) is 14.1. The Bertz CT molecular complexity index is 823. The van der Waals surface area contributed by atoms with Gasteiger partial charge in [-0.3, -0.25) is 0 Å². The van der Waals surface area contributed by atoms with Crippen LogP contribution in [0.1, 0.15) is 19.4 Å². The molecule has 0 aliphatic heterocycles. The Labute approximate surface area is 136 Å². The molecular weight excluding hydrogens is 312 g/mol. The molecule has 5 nitrogen and oxygen atoms in total. The minimum atomic E-state index is -3.22. The summed E-state index contributed by atoms with van der Waals surface area (Å²) in [6.07, 6.45) is 0.634.